The molecule has 0 N–H and O–H groups in total. The fourth-order valence-electron chi connectivity index (χ4n) is 2.27. The van der Waals surface area contributed by atoms with E-state index in [0.29, 0.717) is 6.04 Å². The van der Waals surface area contributed by atoms with Crippen LogP contribution in [0.3, 0.4) is 0 Å². The third-order valence-electron chi connectivity index (χ3n) is 3.18. The Hall–Kier alpha value is 0.0700. The number of hydrogen-bond donors (Lipinski definition) is 0. The van der Waals surface area contributed by atoms with Crippen molar-refractivity contribution in [3.8, 4) is 0 Å². The first-order valence-corrected chi connectivity index (χ1v) is 8.00. The number of halogens is 1. The third-order valence-corrected chi connectivity index (χ3v) is 4.88. The van der Waals surface area contributed by atoms with Crippen LogP contribution in [0.2, 0.25) is 0 Å². The van der Waals surface area contributed by atoms with Crippen molar-refractivity contribution in [1.29, 1.82) is 0 Å². The minimum Gasteiger partial charge on any atom is -0.293 e. The zero-order valence-corrected chi connectivity index (χ0v) is 12.2. The zero-order valence-electron chi connectivity index (χ0n) is 9.79. The topological polar surface area (TPSA) is 16.1 Å². The van der Waals surface area contributed by atoms with Gasteiger partial charge in [-0.15, -0.1) is 11.3 Å². The molecule has 90 valence electrons. The van der Waals surface area contributed by atoms with Gasteiger partial charge < -0.3 is 0 Å². The van der Waals surface area contributed by atoms with Gasteiger partial charge in [0.15, 0.2) is 0 Å². The molecule has 1 aliphatic heterocycles. The van der Waals surface area contributed by atoms with Gasteiger partial charge in [-0.2, -0.15) is 0 Å². The van der Waals surface area contributed by atoms with Crippen molar-refractivity contribution in [3.63, 3.8) is 0 Å². The highest BCUT2D eigenvalue weighted by atomic mass is 79.9. The first kappa shape index (κ1) is 12.5. The summed E-state index contributed by atoms with van der Waals surface area (Å²) in [5.41, 5.74) is 1.16. The molecule has 0 aromatic carbocycles. The van der Waals surface area contributed by atoms with Gasteiger partial charge >= 0.3 is 0 Å². The molecule has 16 heavy (non-hydrogen) atoms. The molecule has 4 heteroatoms. The molecular formula is C12H19BrN2S. The van der Waals surface area contributed by atoms with Crippen molar-refractivity contribution in [1.82, 2.24) is 9.88 Å². The zero-order chi connectivity index (χ0) is 11.4. The second-order valence-corrected chi connectivity index (χ2v) is 6.10. The summed E-state index contributed by atoms with van der Waals surface area (Å²) in [7, 11) is 0. The van der Waals surface area contributed by atoms with Crippen LogP contribution in [0.5, 0.6) is 0 Å². The second-order valence-electron chi connectivity index (χ2n) is 4.51. The number of hydrogen-bond acceptors (Lipinski definition) is 3. The predicted octanol–water partition coefficient (Wildman–Crippen LogP) is 3.59. The Morgan fingerprint density at radius 3 is 3.06 bits per heavy atom. The lowest BCUT2D eigenvalue weighted by Gasteiger charge is -2.27. The van der Waals surface area contributed by atoms with Crippen molar-refractivity contribution in [2.24, 2.45) is 0 Å². The minimum absolute atomic E-state index is 0.701. The number of aromatic nitrogens is 1. The van der Waals surface area contributed by atoms with Gasteiger partial charge in [-0.3, -0.25) is 4.90 Å². The van der Waals surface area contributed by atoms with E-state index in [2.05, 4.69) is 38.1 Å². The normalized spacial score (nSPS) is 23.2. The lowest BCUT2D eigenvalue weighted by Crippen LogP contribution is -2.35. The van der Waals surface area contributed by atoms with Gasteiger partial charge in [0.05, 0.1) is 6.54 Å². The molecule has 0 spiro atoms. The fourth-order valence-corrected chi connectivity index (χ4v) is 3.80. The van der Waals surface area contributed by atoms with E-state index in [1.54, 1.807) is 11.3 Å². The average molecular weight is 303 g/mol. The van der Waals surface area contributed by atoms with E-state index in [9.17, 15) is 0 Å². The van der Waals surface area contributed by atoms with E-state index in [1.807, 2.05) is 0 Å². The molecule has 0 amide bonds. The van der Waals surface area contributed by atoms with Gasteiger partial charge in [0.1, 0.15) is 5.01 Å². The highest BCUT2D eigenvalue weighted by Gasteiger charge is 2.20. The maximum absolute atomic E-state index is 4.57. The van der Waals surface area contributed by atoms with Crippen LogP contribution >= 0.6 is 27.3 Å². The molecule has 1 atom stereocenters. The van der Waals surface area contributed by atoms with Gasteiger partial charge in [-0.05, 0) is 26.3 Å². The van der Waals surface area contributed by atoms with Gasteiger partial charge in [0, 0.05) is 22.4 Å². The van der Waals surface area contributed by atoms with Crippen molar-refractivity contribution in [3.05, 3.63) is 16.1 Å². The molecule has 0 bridgehead atoms. The maximum Gasteiger partial charge on any atom is 0.107 e. The monoisotopic (exact) mass is 302 g/mol. The first-order chi connectivity index (χ1) is 7.79. The van der Waals surface area contributed by atoms with Crippen LogP contribution in [0.25, 0.3) is 0 Å². The number of alkyl halides is 1. The Kier molecular flexibility index (Phi) is 4.79. The van der Waals surface area contributed by atoms with Crippen molar-refractivity contribution in [2.45, 2.75) is 45.2 Å². The molecule has 2 rings (SSSR count). The Balaban J connectivity index is 1.99. The molecule has 1 saturated heterocycles. The van der Waals surface area contributed by atoms with Crippen LogP contribution in [0.1, 0.15) is 36.4 Å². The summed E-state index contributed by atoms with van der Waals surface area (Å²) in [4.78, 5) is 7.16. The highest BCUT2D eigenvalue weighted by molar-refractivity contribution is 9.09. The average Bonchev–Trinajstić information content (AvgIpc) is 2.56. The van der Waals surface area contributed by atoms with E-state index in [0.717, 1.165) is 17.6 Å². The van der Waals surface area contributed by atoms with Crippen molar-refractivity contribution < 1.29 is 0 Å². The second kappa shape index (κ2) is 6.12. The van der Waals surface area contributed by atoms with Crippen LogP contribution in [0, 0.1) is 6.92 Å². The maximum atomic E-state index is 4.57. The summed E-state index contributed by atoms with van der Waals surface area (Å²) in [6.07, 6.45) is 5.43. The summed E-state index contributed by atoms with van der Waals surface area (Å²) in [6.45, 7) is 4.34. The van der Waals surface area contributed by atoms with E-state index in [1.165, 1.54) is 37.2 Å². The molecular weight excluding hydrogens is 284 g/mol. The molecule has 0 saturated carbocycles. The molecule has 0 aliphatic carbocycles. The summed E-state index contributed by atoms with van der Waals surface area (Å²) >= 11 is 5.44. The Morgan fingerprint density at radius 1 is 1.50 bits per heavy atom. The number of nitrogens with zero attached hydrogens (tertiary/aromatic N) is 2. The quantitative estimate of drug-likeness (QED) is 0.793. The molecule has 1 fully saturated rings. The number of aryl methyl sites for hydroxylation is 1. The molecule has 1 aromatic rings. The van der Waals surface area contributed by atoms with Gasteiger partial charge in [0.2, 0.25) is 0 Å². The Morgan fingerprint density at radius 2 is 2.38 bits per heavy atom. The molecule has 1 aliphatic rings. The van der Waals surface area contributed by atoms with Gasteiger partial charge in [0.25, 0.3) is 0 Å². The summed E-state index contributed by atoms with van der Waals surface area (Å²) in [6, 6.07) is 0.701. The van der Waals surface area contributed by atoms with Crippen LogP contribution in [-0.2, 0) is 6.54 Å². The largest absolute Gasteiger partial charge is 0.293 e. The first-order valence-electron chi connectivity index (χ1n) is 6.00. The standard InChI is InChI=1S/C12H19BrN2S/c1-10-9-16-12(14-10)8-15-6-4-2-3-5-11(15)7-13/h9,11H,2-8H2,1H3. The molecule has 2 heterocycles. The molecule has 2 nitrogen and oxygen atoms in total. The summed E-state index contributed by atoms with van der Waals surface area (Å²) in [5, 5.41) is 4.51. The SMILES string of the molecule is Cc1csc(CN2CCCCCC2CBr)n1. The third kappa shape index (κ3) is 3.28. The van der Waals surface area contributed by atoms with Crippen LogP contribution < -0.4 is 0 Å². The molecule has 0 radical (unpaired) electrons. The van der Waals surface area contributed by atoms with E-state index >= 15 is 0 Å². The highest BCUT2D eigenvalue weighted by Crippen LogP contribution is 2.21. The smallest absolute Gasteiger partial charge is 0.107 e. The fraction of sp³-hybridized carbons (Fsp3) is 0.750. The van der Waals surface area contributed by atoms with Crippen molar-refractivity contribution in [2.75, 3.05) is 11.9 Å². The Labute approximate surface area is 110 Å². The van der Waals surface area contributed by atoms with Gasteiger partial charge in [-0.25, -0.2) is 4.98 Å². The predicted molar refractivity (Wildman–Crippen MR) is 73.3 cm³/mol. The van der Waals surface area contributed by atoms with E-state index in [-0.39, 0.29) is 0 Å². The number of rotatable bonds is 3. The van der Waals surface area contributed by atoms with Crippen LogP contribution in [0.15, 0.2) is 5.38 Å². The molecule has 1 aromatic heterocycles. The summed E-state index contributed by atoms with van der Waals surface area (Å²) in [5.74, 6) is 0. The van der Waals surface area contributed by atoms with Crippen molar-refractivity contribution >= 4 is 27.3 Å². The minimum atomic E-state index is 0.701. The van der Waals surface area contributed by atoms with E-state index < -0.39 is 0 Å². The number of likely N-dealkylation sites (tertiary alicyclic amines) is 1. The number of thiazole rings is 1. The molecule has 1 unspecified atom stereocenters. The summed E-state index contributed by atoms with van der Waals surface area (Å²) < 4.78 is 0. The van der Waals surface area contributed by atoms with E-state index in [4.69, 9.17) is 0 Å². The lowest BCUT2D eigenvalue weighted by atomic mass is 10.1. The lowest BCUT2D eigenvalue weighted by molar-refractivity contribution is 0.209. The van der Waals surface area contributed by atoms with Gasteiger partial charge in [-0.1, -0.05) is 28.8 Å². The Bertz CT molecular complexity index is 327. The van der Waals surface area contributed by atoms with Crippen LogP contribution in [-0.4, -0.2) is 27.8 Å². The van der Waals surface area contributed by atoms with Crippen LogP contribution in [0.4, 0.5) is 0 Å².